The summed E-state index contributed by atoms with van der Waals surface area (Å²) in [6, 6.07) is 1.41. The van der Waals surface area contributed by atoms with Crippen LogP contribution in [0.3, 0.4) is 0 Å². The molecule has 2 aromatic heterocycles. The fourth-order valence-electron chi connectivity index (χ4n) is 1.83. The van der Waals surface area contributed by atoms with Gasteiger partial charge in [-0.1, -0.05) is 0 Å². The van der Waals surface area contributed by atoms with E-state index in [0.717, 1.165) is 0 Å². The zero-order valence-electron chi connectivity index (χ0n) is 11.3. The van der Waals surface area contributed by atoms with Crippen molar-refractivity contribution >= 4 is 11.9 Å². The summed E-state index contributed by atoms with van der Waals surface area (Å²) < 4.78 is 10.3. The van der Waals surface area contributed by atoms with E-state index in [9.17, 15) is 9.59 Å². The molecule has 7 nitrogen and oxygen atoms in total. The molecule has 0 aliphatic carbocycles. The standard InChI is InChI=1S/C13H14N2O5/c1-7-10(13(17)18)4-9(20-7)5-15(3)12(16)11-8(2)19-6-14-11/h4,6H,5H2,1-3H3,(H,17,18). The molecule has 2 rings (SSSR count). The third-order valence-electron chi connectivity index (χ3n) is 2.89. The Bertz CT molecular complexity index is 656. The van der Waals surface area contributed by atoms with Gasteiger partial charge in [-0.25, -0.2) is 9.78 Å². The molecule has 0 radical (unpaired) electrons. The average molecular weight is 278 g/mol. The number of oxazole rings is 1. The van der Waals surface area contributed by atoms with Gasteiger partial charge in [-0.05, 0) is 19.9 Å². The molecule has 2 aromatic rings. The van der Waals surface area contributed by atoms with Crippen LogP contribution in [0.5, 0.6) is 0 Å². The van der Waals surface area contributed by atoms with Gasteiger partial charge >= 0.3 is 5.97 Å². The minimum atomic E-state index is -1.06. The summed E-state index contributed by atoms with van der Waals surface area (Å²) in [6.07, 6.45) is 1.20. The Labute approximate surface area is 114 Å². The number of aromatic carboxylic acids is 1. The summed E-state index contributed by atoms with van der Waals surface area (Å²) in [4.78, 5) is 28.3. The van der Waals surface area contributed by atoms with Crippen molar-refractivity contribution in [2.45, 2.75) is 20.4 Å². The van der Waals surface area contributed by atoms with Gasteiger partial charge in [-0.3, -0.25) is 4.79 Å². The lowest BCUT2D eigenvalue weighted by molar-refractivity contribution is 0.0694. The SMILES string of the molecule is Cc1oc(CN(C)C(=O)c2ncoc2C)cc1C(=O)O. The van der Waals surface area contributed by atoms with Crippen LogP contribution in [-0.2, 0) is 6.54 Å². The van der Waals surface area contributed by atoms with E-state index in [1.807, 2.05) is 0 Å². The minimum Gasteiger partial charge on any atom is -0.478 e. The van der Waals surface area contributed by atoms with Crippen molar-refractivity contribution < 1.29 is 23.5 Å². The summed E-state index contributed by atoms with van der Waals surface area (Å²) in [6.45, 7) is 3.36. The lowest BCUT2D eigenvalue weighted by atomic mass is 10.2. The van der Waals surface area contributed by atoms with Crippen LogP contribution < -0.4 is 0 Å². The van der Waals surface area contributed by atoms with E-state index in [1.54, 1.807) is 20.9 Å². The van der Waals surface area contributed by atoms with Gasteiger partial charge in [-0.15, -0.1) is 0 Å². The molecular formula is C13H14N2O5. The van der Waals surface area contributed by atoms with Gasteiger partial charge in [0.1, 0.15) is 22.8 Å². The van der Waals surface area contributed by atoms with Crippen molar-refractivity contribution in [3.8, 4) is 0 Å². The Morgan fingerprint density at radius 1 is 1.35 bits per heavy atom. The van der Waals surface area contributed by atoms with Crippen LogP contribution in [-0.4, -0.2) is 33.9 Å². The summed E-state index contributed by atoms with van der Waals surface area (Å²) in [5, 5.41) is 8.95. The Morgan fingerprint density at radius 2 is 2.05 bits per heavy atom. The molecule has 1 N–H and O–H groups in total. The second kappa shape index (κ2) is 5.20. The number of nitrogens with zero attached hydrogens (tertiary/aromatic N) is 2. The number of carbonyl (C=O) groups is 2. The van der Waals surface area contributed by atoms with Crippen molar-refractivity contribution in [3.05, 3.63) is 41.0 Å². The van der Waals surface area contributed by atoms with Crippen LogP contribution in [0.2, 0.25) is 0 Å². The van der Waals surface area contributed by atoms with E-state index in [-0.39, 0.29) is 23.7 Å². The molecule has 20 heavy (non-hydrogen) atoms. The van der Waals surface area contributed by atoms with E-state index < -0.39 is 5.97 Å². The van der Waals surface area contributed by atoms with E-state index in [4.69, 9.17) is 13.9 Å². The first-order chi connectivity index (χ1) is 9.40. The number of aromatic nitrogens is 1. The number of carboxylic acid groups (broad SMARTS) is 1. The lowest BCUT2D eigenvalue weighted by Gasteiger charge is -2.14. The number of hydrogen-bond donors (Lipinski definition) is 1. The fraction of sp³-hybridized carbons (Fsp3) is 0.308. The molecule has 0 aromatic carbocycles. The zero-order chi connectivity index (χ0) is 14.9. The van der Waals surface area contributed by atoms with Gasteiger partial charge in [0.25, 0.3) is 5.91 Å². The largest absolute Gasteiger partial charge is 0.478 e. The summed E-state index contributed by atoms with van der Waals surface area (Å²) in [5.74, 6) is -0.229. The van der Waals surface area contributed by atoms with E-state index in [0.29, 0.717) is 17.3 Å². The zero-order valence-corrected chi connectivity index (χ0v) is 11.3. The minimum absolute atomic E-state index is 0.0958. The Kier molecular flexibility index (Phi) is 3.60. The van der Waals surface area contributed by atoms with Gasteiger partial charge < -0.3 is 18.8 Å². The maximum Gasteiger partial charge on any atom is 0.339 e. The molecule has 0 unspecified atom stereocenters. The molecule has 0 saturated heterocycles. The van der Waals surface area contributed by atoms with Crippen molar-refractivity contribution in [2.75, 3.05) is 7.05 Å². The highest BCUT2D eigenvalue weighted by atomic mass is 16.4. The van der Waals surface area contributed by atoms with Gasteiger partial charge in [0.15, 0.2) is 12.1 Å². The van der Waals surface area contributed by atoms with Gasteiger partial charge in [0.2, 0.25) is 0 Å². The number of amides is 1. The molecule has 0 aliphatic rings. The van der Waals surface area contributed by atoms with Crippen LogP contribution in [0.25, 0.3) is 0 Å². The van der Waals surface area contributed by atoms with Crippen LogP contribution >= 0.6 is 0 Å². The first kappa shape index (κ1) is 13.9. The monoisotopic (exact) mass is 278 g/mol. The van der Waals surface area contributed by atoms with Crippen molar-refractivity contribution in [2.24, 2.45) is 0 Å². The van der Waals surface area contributed by atoms with E-state index in [1.165, 1.54) is 17.4 Å². The molecule has 106 valence electrons. The van der Waals surface area contributed by atoms with E-state index >= 15 is 0 Å². The number of carboxylic acids is 1. The molecule has 0 fully saturated rings. The number of carbonyl (C=O) groups excluding carboxylic acids is 1. The maximum absolute atomic E-state index is 12.1. The Balaban J connectivity index is 2.14. The third-order valence-corrected chi connectivity index (χ3v) is 2.89. The van der Waals surface area contributed by atoms with E-state index in [2.05, 4.69) is 4.98 Å². The highest BCUT2D eigenvalue weighted by Gasteiger charge is 2.20. The quantitative estimate of drug-likeness (QED) is 0.916. The molecule has 0 aliphatic heterocycles. The number of rotatable bonds is 4. The number of aryl methyl sites for hydroxylation is 2. The van der Waals surface area contributed by atoms with Crippen molar-refractivity contribution in [1.82, 2.24) is 9.88 Å². The van der Waals surface area contributed by atoms with Gasteiger partial charge in [-0.2, -0.15) is 0 Å². The van der Waals surface area contributed by atoms with Crippen LogP contribution in [0.1, 0.15) is 38.1 Å². The Hall–Kier alpha value is -2.57. The number of furan rings is 1. The summed E-state index contributed by atoms with van der Waals surface area (Å²) in [7, 11) is 1.58. The molecule has 0 bridgehead atoms. The lowest BCUT2D eigenvalue weighted by Crippen LogP contribution is -2.26. The first-order valence-corrected chi connectivity index (χ1v) is 5.88. The Morgan fingerprint density at radius 3 is 2.55 bits per heavy atom. The van der Waals surface area contributed by atoms with Gasteiger partial charge in [0, 0.05) is 7.05 Å². The molecule has 0 spiro atoms. The summed E-state index contributed by atoms with van der Waals surface area (Å²) in [5.41, 5.74) is 0.327. The molecule has 1 amide bonds. The highest BCUT2D eigenvalue weighted by molar-refractivity contribution is 5.93. The molecule has 7 heteroatoms. The number of hydrogen-bond acceptors (Lipinski definition) is 5. The molecular weight excluding hydrogens is 264 g/mol. The third kappa shape index (κ3) is 2.56. The first-order valence-electron chi connectivity index (χ1n) is 5.88. The average Bonchev–Trinajstić information content (AvgIpc) is 2.94. The molecule has 2 heterocycles. The topological polar surface area (TPSA) is 96.8 Å². The predicted molar refractivity (Wildman–Crippen MR) is 67.4 cm³/mol. The second-order valence-electron chi connectivity index (χ2n) is 4.41. The molecule has 0 saturated carbocycles. The molecule has 0 atom stereocenters. The smallest absolute Gasteiger partial charge is 0.339 e. The normalized spacial score (nSPS) is 10.6. The highest BCUT2D eigenvalue weighted by Crippen LogP contribution is 2.17. The van der Waals surface area contributed by atoms with Crippen molar-refractivity contribution in [1.29, 1.82) is 0 Å². The second-order valence-corrected chi connectivity index (χ2v) is 4.41. The predicted octanol–water partition coefficient (Wildman–Crippen LogP) is 1.85. The van der Waals surface area contributed by atoms with Crippen molar-refractivity contribution in [3.63, 3.8) is 0 Å². The van der Waals surface area contributed by atoms with Gasteiger partial charge in [0.05, 0.1) is 6.54 Å². The van der Waals surface area contributed by atoms with Crippen LogP contribution in [0.15, 0.2) is 21.3 Å². The fourth-order valence-corrected chi connectivity index (χ4v) is 1.83. The van der Waals surface area contributed by atoms with Crippen LogP contribution in [0, 0.1) is 13.8 Å². The summed E-state index contributed by atoms with van der Waals surface area (Å²) >= 11 is 0. The van der Waals surface area contributed by atoms with Crippen LogP contribution in [0.4, 0.5) is 0 Å². The maximum atomic E-state index is 12.1.